The molecule has 8 aliphatic rings. The lowest BCUT2D eigenvalue weighted by Gasteiger charge is -2.64. The third-order valence-corrected chi connectivity index (χ3v) is 16.4. The fourth-order valence-corrected chi connectivity index (χ4v) is 14.1. The Morgan fingerprint density at radius 1 is 0.854 bits per heavy atom. The molecule has 0 aromatic carbocycles. The molecule has 3 aliphatic heterocycles. The van der Waals surface area contributed by atoms with E-state index < -0.39 is 70.6 Å². The molecule has 5 aliphatic carbocycles. The lowest BCUT2D eigenvalue weighted by Crippen LogP contribution is -2.63. The summed E-state index contributed by atoms with van der Waals surface area (Å²) in [6.07, 6.45) is 1.09. The molecule has 2 bridgehead atoms. The van der Waals surface area contributed by atoms with Crippen molar-refractivity contribution < 1.29 is 54.0 Å². The van der Waals surface area contributed by atoms with Crippen molar-refractivity contribution in [2.75, 3.05) is 13.2 Å². The number of rotatable bonds is 4. The Morgan fingerprint density at radius 2 is 1.52 bits per heavy atom. The van der Waals surface area contributed by atoms with Crippen LogP contribution in [0.5, 0.6) is 0 Å². The van der Waals surface area contributed by atoms with Gasteiger partial charge in [-0.2, -0.15) is 0 Å². The average molecular weight is 679 g/mol. The number of aliphatic hydroxyl groups is 5. The zero-order chi connectivity index (χ0) is 34.7. The van der Waals surface area contributed by atoms with E-state index in [1.165, 1.54) is 6.92 Å². The summed E-state index contributed by atoms with van der Waals surface area (Å²) in [6.45, 7) is 14.0. The first-order valence-corrected chi connectivity index (χ1v) is 18.5. The summed E-state index contributed by atoms with van der Waals surface area (Å²) in [5.41, 5.74) is -3.27. The summed E-state index contributed by atoms with van der Waals surface area (Å²) in [5, 5.41) is 54.9. The van der Waals surface area contributed by atoms with Crippen LogP contribution in [0.4, 0.5) is 0 Å². The quantitative estimate of drug-likeness (QED) is 0.219. The summed E-state index contributed by atoms with van der Waals surface area (Å²) >= 11 is 0. The average Bonchev–Trinajstić information content (AvgIpc) is 3.50. The van der Waals surface area contributed by atoms with Crippen LogP contribution in [0.3, 0.4) is 0 Å². The largest absolute Gasteiger partial charge is 0.459 e. The zero-order valence-electron chi connectivity index (χ0n) is 29.7. The van der Waals surface area contributed by atoms with Crippen LogP contribution in [0.15, 0.2) is 0 Å². The van der Waals surface area contributed by atoms with E-state index in [9.17, 15) is 30.3 Å². The lowest BCUT2D eigenvalue weighted by molar-refractivity contribution is -0.317. The highest BCUT2D eigenvalue weighted by Gasteiger charge is 2.87. The van der Waals surface area contributed by atoms with E-state index in [0.717, 1.165) is 44.9 Å². The second kappa shape index (κ2) is 10.2. The van der Waals surface area contributed by atoms with Crippen molar-refractivity contribution in [3.05, 3.63) is 0 Å². The van der Waals surface area contributed by atoms with Gasteiger partial charge in [0, 0.05) is 30.1 Å². The number of ether oxygens (including phenoxy) is 5. The van der Waals surface area contributed by atoms with Gasteiger partial charge in [-0.25, -0.2) is 0 Å². The van der Waals surface area contributed by atoms with Crippen LogP contribution in [-0.4, -0.2) is 105 Å². The van der Waals surface area contributed by atoms with Crippen molar-refractivity contribution in [2.24, 2.45) is 44.8 Å². The van der Waals surface area contributed by atoms with Gasteiger partial charge in [-0.15, -0.1) is 0 Å². The van der Waals surface area contributed by atoms with E-state index in [2.05, 4.69) is 27.7 Å². The summed E-state index contributed by atoms with van der Waals surface area (Å²) < 4.78 is 31.9. The maximum absolute atomic E-state index is 12.7. The van der Waals surface area contributed by atoms with Crippen LogP contribution in [0.1, 0.15) is 106 Å². The van der Waals surface area contributed by atoms with Crippen LogP contribution in [0.25, 0.3) is 0 Å². The van der Waals surface area contributed by atoms with Gasteiger partial charge in [-0.1, -0.05) is 20.8 Å². The third-order valence-electron chi connectivity index (χ3n) is 16.4. The minimum absolute atomic E-state index is 0.0248. The summed E-state index contributed by atoms with van der Waals surface area (Å²) in [6, 6.07) is 0. The highest BCUT2D eigenvalue weighted by atomic mass is 16.7. The van der Waals surface area contributed by atoms with Crippen molar-refractivity contribution >= 4 is 5.97 Å². The maximum atomic E-state index is 12.7. The molecule has 0 radical (unpaired) electrons. The standard InChI is InChI=1S/C37H58O11/c1-19(38)46-26-27-32(6)12-15-37(48-32,31(4,5)43)45-18-36(27)14-13-35-17-34(35)11-10-23(47-29-25(41)24(40)20(39)16-44-29)30(2,3)21(34)8-9-22(35)33(36,7)28(26)42/h20-29,39-43H,8-18H2,1-7H3/t20-,21+,22-,23+,24+,25-,26+,27-,28-,29+,32+,33-,34-,35+,36+,37+/m1/s1. The van der Waals surface area contributed by atoms with Gasteiger partial charge in [0.05, 0.1) is 31.0 Å². The highest BCUT2D eigenvalue weighted by Crippen LogP contribution is 2.89. The molecule has 0 unspecified atom stereocenters. The Labute approximate surface area is 284 Å². The predicted molar refractivity (Wildman–Crippen MR) is 170 cm³/mol. The van der Waals surface area contributed by atoms with E-state index in [-0.39, 0.29) is 40.8 Å². The molecule has 3 saturated heterocycles. The van der Waals surface area contributed by atoms with E-state index in [4.69, 9.17) is 23.7 Å². The first-order valence-electron chi connectivity index (χ1n) is 18.5. The Bertz CT molecular complexity index is 1350. The van der Waals surface area contributed by atoms with Crippen molar-refractivity contribution in [1.82, 2.24) is 0 Å². The first kappa shape index (κ1) is 34.2. The molecule has 8 rings (SSSR count). The molecule has 16 atom stereocenters. The van der Waals surface area contributed by atoms with Crippen LogP contribution in [0, 0.1) is 44.8 Å². The van der Waals surface area contributed by atoms with Gasteiger partial charge in [0.2, 0.25) is 0 Å². The summed E-state index contributed by atoms with van der Waals surface area (Å²) in [7, 11) is 0. The van der Waals surface area contributed by atoms with Crippen LogP contribution in [-0.2, 0) is 28.5 Å². The Kier molecular flexibility index (Phi) is 7.24. The molecule has 3 heterocycles. The Balaban J connectivity index is 1.13. The molecule has 272 valence electrons. The van der Waals surface area contributed by atoms with Gasteiger partial charge in [-0.3, -0.25) is 4.79 Å². The van der Waals surface area contributed by atoms with Gasteiger partial charge in [0.25, 0.3) is 0 Å². The highest BCUT2D eigenvalue weighted by molar-refractivity contribution is 5.66. The summed E-state index contributed by atoms with van der Waals surface area (Å²) in [5.74, 6) is -1.33. The molecular weight excluding hydrogens is 620 g/mol. The number of fused-ring (bicyclic) bond motifs is 4. The van der Waals surface area contributed by atoms with E-state index in [1.54, 1.807) is 13.8 Å². The van der Waals surface area contributed by atoms with E-state index in [0.29, 0.717) is 25.4 Å². The molecule has 5 N–H and O–H groups in total. The second-order valence-corrected chi connectivity index (χ2v) is 18.9. The normalized spacial score (nSPS) is 58.1. The summed E-state index contributed by atoms with van der Waals surface area (Å²) in [4.78, 5) is 12.7. The third kappa shape index (κ3) is 3.95. The van der Waals surface area contributed by atoms with Gasteiger partial charge in [-0.05, 0) is 100 Å². The zero-order valence-corrected chi connectivity index (χ0v) is 29.7. The smallest absolute Gasteiger partial charge is 0.303 e. The van der Waals surface area contributed by atoms with Gasteiger partial charge < -0.3 is 49.2 Å². The molecule has 11 nitrogen and oxygen atoms in total. The monoisotopic (exact) mass is 678 g/mol. The fourth-order valence-electron chi connectivity index (χ4n) is 14.1. The lowest BCUT2D eigenvalue weighted by atomic mass is 9.41. The minimum Gasteiger partial charge on any atom is -0.459 e. The van der Waals surface area contributed by atoms with Crippen LogP contribution in [0.2, 0.25) is 0 Å². The van der Waals surface area contributed by atoms with Gasteiger partial charge in [0.15, 0.2) is 12.1 Å². The Hall–Kier alpha value is -0.890. The predicted octanol–water partition coefficient (Wildman–Crippen LogP) is 2.81. The van der Waals surface area contributed by atoms with E-state index >= 15 is 0 Å². The van der Waals surface area contributed by atoms with Crippen LogP contribution < -0.4 is 0 Å². The number of esters is 1. The number of aliphatic hydroxyl groups excluding tert-OH is 4. The maximum Gasteiger partial charge on any atom is 0.303 e. The molecule has 11 heteroatoms. The minimum atomic E-state index is -1.32. The molecular formula is C37H58O11. The molecule has 0 aromatic heterocycles. The van der Waals surface area contributed by atoms with E-state index in [1.807, 2.05) is 0 Å². The number of carbonyl (C=O) groups is 1. The number of hydrogen-bond donors (Lipinski definition) is 5. The van der Waals surface area contributed by atoms with Crippen molar-refractivity contribution in [1.29, 1.82) is 0 Å². The van der Waals surface area contributed by atoms with Gasteiger partial charge in [0.1, 0.15) is 30.0 Å². The first-order chi connectivity index (χ1) is 22.3. The topological polar surface area (TPSA) is 164 Å². The molecule has 48 heavy (non-hydrogen) atoms. The van der Waals surface area contributed by atoms with Crippen LogP contribution >= 0.6 is 0 Å². The second-order valence-electron chi connectivity index (χ2n) is 18.9. The van der Waals surface area contributed by atoms with Crippen molar-refractivity contribution in [3.8, 4) is 0 Å². The number of hydrogen-bond acceptors (Lipinski definition) is 11. The van der Waals surface area contributed by atoms with Gasteiger partial charge >= 0.3 is 5.97 Å². The molecule has 0 amide bonds. The SMILES string of the molecule is CC(=O)O[C@@H]1[C@@H](O)[C@@]2(C)[C@H]3CC[C@H]4C(C)(C)[C@@H](O[C@@H]5OC[C@@H](O)[C@H](O)[C@H]5O)CC[C@@]45C[C@@]35CC[C@@]23CO[C@@]2(C(C)(C)O)CC[C@](C)(O2)[C@@H]13. The molecule has 5 saturated carbocycles. The van der Waals surface area contributed by atoms with Crippen molar-refractivity contribution in [3.63, 3.8) is 0 Å². The Morgan fingerprint density at radius 3 is 2.21 bits per heavy atom. The molecule has 8 fully saturated rings. The molecule has 0 aromatic rings. The molecule has 3 spiro atoms. The number of carbonyl (C=O) groups excluding carboxylic acids is 1. The fraction of sp³-hybridized carbons (Fsp3) is 0.973. The van der Waals surface area contributed by atoms with Crippen molar-refractivity contribution in [2.45, 2.75) is 166 Å².